The van der Waals surface area contributed by atoms with Gasteiger partial charge in [-0.2, -0.15) is 0 Å². The molecular weight excluding hydrogens is 388 g/mol. The molecule has 3 N–H and O–H groups in total. The van der Waals surface area contributed by atoms with Gasteiger partial charge in [0.2, 0.25) is 5.91 Å². The van der Waals surface area contributed by atoms with Crippen LogP contribution in [0.1, 0.15) is 12.5 Å². The molecule has 9 heteroatoms. The van der Waals surface area contributed by atoms with Gasteiger partial charge < -0.3 is 15.6 Å². The molecule has 0 aliphatic carbocycles. The highest BCUT2D eigenvalue weighted by Gasteiger charge is 2.36. The SMILES string of the molecule is CCOc1cc(Br)cc(/C=C2\SC(=O)N(CC(N)=O)C2=O)c1O. The van der Waals surface area contributed by atoms with Crippen molar-refractivity contribution in [2.75, 3.05) is 13.2 Å². The van der Waals surface area contributed by atoms with Gasteiger partial charge in [-0.05, 0) is 36.9 Å². The first-order valence-electron chi connectivity index (χ1n) is 6.52. The Bertz CT molecular complexity index is 719. The van der Waals surface area contributed by atoms with Crippen LogP contribution >= 0.6 is 27.7 Å². The van der Waals surface area contributed by atoms with Gasteiger partial charge in [-0.25, -0.2) is 0 Å². The maximum absolute atomic E-state index is 12.1. The number of phenolic OH excluding ortho intramolecular Hbond substituents is 1. The summed E-state index contributed by atoms with van der Waals surface area (Å²) in [6.07, 6.45) is 1.37. The van der Waals surface area contributed by atoms with Crippen molar-refractivity contribution >= 4 is 50.8 Å². The van der Waals surface area contributed by atoms with Crippen LogP contribution in [-0.2, 0) is 9.59 Å². The molecule has 0 aromatic heterocycles. The van der Waals surface area contributed by atoms with Crippen LogP contribution < -0.4 is 10.5 Å². The third-order valence-corrected chi connectivity index (χ3v) is 4.21. The number of rotatable bonds is 5. The highest BCUT2D eigenvalue weighted by molar-refractivity contribution is 9.10. The molecule has 3 amide bonds. The number of primary amides is 1. The van der Waals surface area contributed by atoms with E-state index in [9.17, 15) is 19.5 Å². The Hall–Kier alpha value is -2.00. The number of amides is 3. The van der Waals surface area contributed by atoms with Gasteiger partial charge in [0.25, 0.3) is 11.1 Å². The quantitative estimate of drug-likeness (QED) is 0.731. The van der Waals surface area contributed by atoms with Gasteiger partial charge in [0.05, 0.1) is 11.5 Å². The number of carbonyl (C=O) groups excluding carboxylic acids is 3. The molecule has 1 aliphatic heterocycles. The van der Waals surface area contributed by atoms with E-state index in [-0.39, 0.29) is 16.4 Å². The summed E-state index contributed by atoms with van der Waals surface area (Å²) in [6, 6.07) is 3.18. The van der Waals surface area contributed by atoms with E-state index in [2.05, 4.69) is 15.9 Å². The van der Waals surface area contributed by atoms with E-state index in [0.29, 0.717) is 28.4 Å². The maximum atomic E-state index is 12.1. The fourth-order valence-electron chi connectivity index (χ4n) is 1.90. The molecule has 1 fully saturated rings. The number of thioether (sulfide) groups is 1. The zero-order valence-electron chi connectivity index (χ0n) is 12.0. The molecule has 0 unspecified atom stereocenters. The van der Waals surface area contributed by atoms with E-state index < -0.39 is 23.6 Å². The fourth-order valence-corrected chi connectivity index (χ4v) is 3.19. The van der Waals surface area contributed by atoms with E-state index in [1.165, 1.54) is 6.08 Å². The zero-order chi connectivity index (χ0) is 17.1. The minimum absolute atomic E-state index is 0.0899. The summed E-state index contributed by atoms with van der Waals surface area (Å²) in [7, 11) is 0. The number of imide groups is 1. The van der Waals surface area contributed by atoms with E-state index in [0.717, 1.165) is 4.90 Å². The molecule has 23 heavy (non-hydrogen) atoms. The van der Waals surface area contributed by atoms with Crippen molar-refractivity contribution in [1.82, 2.24) is 4.90 Å². The van der Waals surface area contributed by atoms with E-state index in [4.69, 9.17) is 10.5 Å². The van der Waals surface area contributed by atoms with Gasteiger partial charge in [-0.1, -0.05) is 15.9 Å². The molecule has 0 bridgehead atoms. The second-order valence-electron chi connectivity index (χ2n) is 4.51. The Morgan fingerprint density at radius 2 is 2.17 bits per heavy atom. The summed E-state index contributed by atoms with van der Waals surface area (Å²) in [5.41, 5.74) is 5.33. The Morgan fingerprint density at radius 1 is 1.48 bits per heavy atom. The first-order valence-corrected chi connectivity index (χ1v) is 8.13. The van der Waals surface area contributed by atoms with Crippen LogP contribution in [0.2, 0.25) is 0 Å². The van der Waals surface area contributed by atoms with Crippen LogP contribution in [0.15, 0.2) is 21.5 Å². The van der Waals surface area contributed by atoms with E-state index in [1.807, 2.05) is 0 Å². The van der Waals surface area contributed by atoms with Gasteiger partial charge in [-0.15, -0.1) is 0 Å². The number of hydrogen-bond donors (Lipinski definition) is 2. The minimum atomic E-state index is -0.780. The molecule has 122 valence electrons. The van der Waals surface area contributed by atoms with Gasteiger partial charge in [-0.3, -0.25) is 19.3 Å². The summed E-state index contributed by atoms with van der Waals surface area (Å²) >= 11 is 3.96. The smallest absolute Gasteiger partial charge is 0.294 e. The molecule has 0 atom stereocenters. The highest BCUT2D eigenvalue weighted by Crippen LogP contribution is 2.38. The highest BCUT2D eigenvalue weighted by atomic mass is 79.9. The molecule has 0 radical (unpaired) electrons. The molecule has 1 aromatic rings. The average molecular weight is 401 g/mol. The van der Waals surface area contributed by atoms with Gasteiger partial charge in [0, 0.05) is 10.0 Å². The third kappa shape index (κ3) is 3.85. The number of ether oxygens (including phenoxy) is 1. The van der Waals surface area contributed by atoms with Gasteiger partial charge in [0.15, 0.2) is 11.5 Å². The lowest BCUT2D eigenvalue weighted by Crippen LogP contribution is -2.36. The van der Waals surface area contributed by atoms with Crippen LogP contribution in [0.5, 0.6) is 11.5 Å². The second kappa shape index (κ2) is 7.05. The van der Waals surface area contributed by atoms with Crippen molar-refractivity contribution in [3.8, 4) is 11.5 Å². The summed E-state index contributed by atoms with van der Waals surface area (Å²) in [4.78, 5) is 35.7. The molecule has 1 saturated heterocycles. The van der Waals surface area contributed by atoms with Crippen molar-refractivity contribution in [2.45, 2.75) is 6.92 Å². The van der Waals surface area contributed by atoms with Crippen molar-refractivity contribution in [2.24, 2.45) is 5.73 Å². The molecule has 1 aromatic carbocycles. The lowest BCUT2D eigenvalue weighted by molar-refractivity contribution is -0.127. The third-order valence-electron chi connectivity index (χ3n) is 2.84. The predicted octanol–water partition coefficient (Wildman–Crippen LogP) is 2.08. The van der Waals surface area contributed by atoms with Crippen molar-refractivity contribution in [1.29, 1.82) is 0 Å². The van der Waals surface area contributed by atoms with Gasteiger partial charge in [0.1, 0.15) is 6.54 Å². The zero-order valence-corrected chi connectivity index (χ0v) is 14.4. The van der Waals surface area contributed by atoms with Crippen molar-refractivity contribution < 1.29 is 24.2 Å². The van der Waals surface area contributed by atoms with Crippen LogP contribution in [0, 0.1) is 0 Å². The number of phenols is 1. The summed E-state index contributed by atoms with van der Waals surface area (Å²) in [5, 5.41) is 9.60. The minimum Gasteiger partial charge on any atom is -0.504 e. The van der Waals surface area contributed by atoms with Crippen molar-refractivity contribution in [3.05, 3.63) is 27.1 Å². The number of hydrogen-bond acceptors (Lipinski definition) is 6. The van der Waals surface area contributed by atoms with Crippen LogP contribution in [-0.4, -0.2) is 40.2 Å². The number of benzene rings is 1. The Balaban J connectivity index is 2.37. The Kier molecular flexibility index (Phi) is 5.32. The molecule has 0 spiro atoms. The maximum Gasteiger partial charge on any atom is 0.294 e. The number of nitrogens with zero attached hydrogens (tertiary/aromatic N) is 1. The van der Waals surface area contributed by atoms with E-state index in [1.54, 1.807) is 19.1 Å². The predicted molar refractivity (Wildman–Crippen MR) is 88.8 cm³/mol. The number of nitrogens with two attached hydrogens (primary N) is 1. The summed E-state index contributed by atoms with van der Waals surface area (Å²) in [5.74, 6) is -1.30. The van der Waals surface area contributed by atoms with Crippen molar-refractivity contribution in [3.63, 3.8) is 0 Å². The number of carbonyl (C=O) groups is 3. The number of aromatic hydroxyl groups is 1. The molecule has 1 aliphatic rings. The molecular formula is C14H13BrN2O5S. The van der Waals surface area contributed by atoms with Crippen LogP contribution in [0.4, 0.5) is 4.79 Å². The largest absolute Gasteiger partial charge is 0.504 e. The first-order chi connectivity index (χ1) is 10.8. The van der Waals surface area contributed by atoms with Crippen LogP contribution in [0.3, 0.4) is 0 Å². The van der Waals surface area contributed by atoms with Crippen LogP contribution in [0.25, 0.3) is 6.08 Å². The first kappa shape index (κ1) is 17.4. The average Bonchev–Trinajstić information content (AvgIpc) is 2.71. The normalized spacial score (nSPS) is 16.3. The Labute approximate surface area is 144 Å². The van der Waals surface area contributed by atoms with Gasteiger partial charge >= 0.3 is 0 Å². The standard InChI is InChI=1S/C14H13BrN2O5S/c1-2-22-9-5-8(15)3-7(12(9)19)4-10-13(20)17(6-11(16)18)14(21)23-10/h3-5,19H,2,6H2,1H3,(H2,16,18)/b10-4-. The fraction of sp³-hybridized carbons (Fsp3) is 0.214. The molecule has 0 saturated carbocycles. The topological polar surface area (TPSA) is 110 Å². The Morgan fingerprint density at radius 3 is 2.78 bits per heavy atom. The molecule has 7 nitrogen and oxygen atoms in total. The number of halogens is 1. The van der Waals surface area contributed by atoms with E-state index >= 15 is 0 Å². The monoisotopic (exact) mass is 400 g/mol. The summed E-state index contributed by atoms with van der Waals surface area (Å²) < 4.78 is 5.94. The molecule has 1 heterocycles. The molecule has 2 rings (SSSR count). The summed E-state index contributed by atoms with van der Waals surface area (Å²) in [6.45, 7) is 1.66. The second-order valence-corrected chi connectivity index (χ2v) is 6.42. The lowest BCUT2D eigenvalue weighted by Gasteiger charge is -2.10. The lowest BCUT2D eigenvalue weighted by atomic mass is 10.1.